The Labute approximate surface area is 134 Å². The monoisotopic (exact) mass is 325 g/mol. The van der Waals surface area contributed by atoms with Crippen molar-refractivity contribution in [2.45, 2.75) is 20.1 Å². The molecule has 0 fully saturated rings. The molecule has 0 amide bonds. The number of hydrogen-bond donors (Lipinski definition) is 2. The summed E-state index contributed by atoms with van der Waals surface area (Å²) < 4.78 is 5.45. The molecule has 0 heterocycles. The molecule has 0 aromatic heterocycles. The van der Waals surface area contributed by atoms with Gasteiger partial charge in [-0.05, 0) is 48.9 Å². The second-order valence-electron chi connectivity index (χ2n) is 4.50. The zero-order valence-electron chi connectivity index (χ0n) is 11.7. The highest BCUT2D eigenvalue weighted by Gasteiger charge is 2.05. The fourth-order valence-electron chi connectivity index (χ4n) is 1.99. The van der Waals surface area contributed by atoms with E-state index in [-0.39, 0.29) is 6.61 Å². The zero-order chi connectivity index (χ0) is 15.2. The number of anilines is 1. The Balaban J connectivity index is 2.11. The molecule has 5 heteroatoms. The van der Waals surface area contributed by atoms with Gasteiger partial charge in [0.1, 0.15) is 5.75 Å². The molecule has 0 unspecified atom stereocenters. The van der Waals surface area contributed by atoms with Crippen LogP contribution in [0.15, 0.2) is 36.4 Å². The van der Waals surface area contributed by atoms with Crippen molar-refractivity contribution in [2.24, 2.45) is 0 Å². The molecule has 0 saturated carbocycles. The van der Waals surface area contributed by atoms with E-state index in [9.17, 15) is 5.11 Å². The first-order valence-corrected chi connectivity index (χ1v) is 7.44. The fraction of sp³-hybridized carbons (Fsp3) is 0.250. The van der Waals surface area contributed by atoms with Crippen LogP contribution in [0.5, 0.6) is 5.75 Å². The van der Waals surface area contributed by atoms with E-state index >= 15 is 0 Å². The molecule has 2 N–H and O–H groups in total. The normalized spacial score (nSPS) is 10.5. The predicted octanol–water partition coefficient (Wildman–Crippen LogP) is 4.50. The lowest BCUT2D eigenvalue weighted by atomic mass is 10.1. The van der Waals surface area contributed by atoms with Crippen molar-refractivity contribution in [3.8, 4) is 5.75 Å². The maximum atomic E-state index is 9.39. The average Bonchev–Trinajstić information content (AvgIpc) is 2.49. The van der Waals surface area contributed by atoms with Crippen LogP contribution in [0.4, 0.5) is 5.69 Å². The van der Waals surface area contributed by atoms with Gasteiger partial charge >= 0.3 is 0 Å². The van der Waals surface area contributed by atoms with Crippen LogP contribution in [-0.4, -0.2) is 11.7 Å². The molecule has 0 aliphatic heterocycles. The number of hydrogen-bond acceptors (Lipinski definition) is 3. The van der Waals surface area contributed by atoms with Gasteiger partial charge in [-0.2, -0.15) is 0 Å². The number of nitrogens with one attached hydrogen (secondary N) is 1. The third kappa shape index (κ3) is 4.27. The van der Waals surface area contributed by atoms with Crippen LogP contribution in [0.25, 0.3) is 0 Å². The summed E-state index contributed by atoms with van der Waals surface area (Å²) in [6, 6.07) is 11.0. The van der Waals surface area contributed by atoms with Gasteiger partial charge in [0.2, 0.25) is 0 Å². The van der Waals surface area contributed by atoms with Gasteiger partial charge in [0.25, 0.3) is 0 Å². The molecular formula is C16H17Cl2NO2. The van der Waals surface area contributed by atoms with Gasteiger partial charge < -0.3 is 15.2 Å². The van der Waals surface area contributed by atoms with Gasteiger partial charge in [-0.15, -0.1) is 0 Å². The fourth-order valence-corrected chi connectivity index (χ4v) is 2.36. The molecule has 0 atom stereocenters. The number of rotatable bonds is 6. The lowest BCUT2D eigenvalue weighted by Gasteiger charge is -2.12. The molecule has 0 bridgehead atoms. The average molecular weight is 326 g/mol. The first-order valence-electron chi connectivity index (χ1n) is 6.68. The Morgan fingerprint density at radius 1 is 1.10 bits per heavy atom. The van der Waals surface area contributed by atoms with E-state index in [1.54, 1.807) is 12.1 Å². The lowest BCUT2D eigenvalue weighted by Crippen LogP contribution is -2.02. The molecule has 112 valence electrons. The van der Waals surface area contributed by atoms with Crippen LogP contribution in [-0.2, 0) is 13.2 Å². The summed E-state index contributed by atoms with van der Waals surface area (Å²) in [6.45, 7) is 2.97. The minimum Gasteiger partial charge on any atom is -0.494 e. The molecule has 0 aliphatic rings. The number of aliphatic hydroxyl groups excluding tert-OH is 1. The van der Waals surface area contributed by atoms with Gasteiger partial charge in [0, 0.05) is 27.8 Å². The smallest absolute Gasteiger partial charge is 0.124 e. The minimum absolute atomic E-state index is 0.0667. The quantitative estimate of drug-likeness (QED) is 0.821. The molecular weight excluding hydrogens is 309 g/mol. The molecule has 0 spiro atoms. The Morgan fingerprint density at radius 3 is 2.62 bits per heavy atom. The first-order chi connectivity index (χ1) is 10.1. The van der Waals surface area contributed by atoms with Crippen LogP contribution >= 0.6 is 23.2 Å². The van der Waals surface area contributed by atoms with E-state index in [1.165, 1.54) is 0 Å². The summed E-state index contributed by atoms with van der Waals surface area (Å²) in [5.74, 6) is 0.700. The molecule has 3 nitrogen and oxygen atoms in total. The van der Waals surface area contributed by atoms with Gasteiger partial charge in [-0.1, -0.05) is 23.2 Å². The molecule has 0 aliphatic carbocycles. The van der Waals surface area contributed by atoms with Crippen molar-refractivity contribution >= 4 is 28.9 Å². The SMILES string of the molecule is CCOc1ccc(NCc2cc(Cl)ccc2Cl)cc1CO. The van der Waals surface area contributed by atoms with Crippen molar-refractivity contribution in [1.29, 1.82) is 0 Å². The molecule has 0 radical (unpaired) electrons. The number of benzene rings is 2. The highest BCUT2D eigenvalue weighted by atomic mass is 35.5. The largest absolute Gasteiger partial charge is 0.494 e. The Kier molecular flexibility index (Phi) is 5.74. The van der Waals surface area contributed by atoms with Crippen molar-refractivity contribution in [2.75, 3.05) is 11.9 Å². The third-order valence-corrected chi connectivity index (χ3v) is 3.63. The minimum atomic E-state index is -0.0667. The summed E-state index contributed by atoms with van der Waals surface area (Å²) in [7, 11) is 0. The third-order valence-electron chi connectivity index (χ3n) is 3.02. The molecule has 2 aromatic rings. The maximum Gasteiger partial charge on any atom is 0.124 e. The molecule has 2 rings (SSSR count). The second kappa shape index (κ2) is 7.55. The van der Waals surface area contributed by atoms with E-state index in [0.29, 0.717) is 28.9 Å². The van der Waals surface area contributed by atoms with Gasteiger partial charge in [-0.3, -0.25) is 0 Å². The number of ether oxygens (including phenoxy) is 1. The molecule has 0 saturated heterocycles. The summed E-state index contributed by atoms with van der Waals surface area (Å²) in [6.07, 6.45) is 0. The van der Waals surface area contributed by atoms with E-state index in [1.807, 2.05) is 31.2 Å². The van der Waals surface area contributed by atoms with Crippen LogP contribution < -0.4 is 10.1 Å². The summed E-state index contributed by atoms with van der Waals surface area (Å²) in [5, 5.41) is 14.0. The predicted molar refractivity (Wildman–Crippen MR) is 87.3 cm³/mol. The highest BCUT2D eigenvalue weighted by molar-refractivity contribution is 6.33. The van der Waals surface area contributed by atoms with E-state index in [0.717, 1.165) is 16.8 Å². The highest BCUT2D eigenvalue weighted by Crippen LogP contribution is 2.25. The second-order valence-corrected chi connectivity index (χ2v) is 5.35. The van der Waals surface area contributed by atoms with E-state index in [4.69, 9.17) is 27.9 Å². The number of aliphatic hydroxyl groups is 1. The maximum absolute atomic E-state index is 9.39. The van der Waals surface area contributed by atoms with Crippen molar-refractivity contribution in [3.05, 3.63) is 57.6 Å². The first kappa shape index (κ1) is 16.0. The van der Waals surface area contributed by atoms with E-state index < -0.39 is 0 Å². The van der Waals surface area contributed by atoms with Crippen LogP contribution in [0, 0.1) is 0 Å². The molecule has 21 heavy (non-hydrogen) atoms. The zero-order valence-corrected chi connectivity index (χ0v) is 13.2. The van der Waals surface area contributed by atoms with Crippen LogP contribution in [0.2, 0.25) is 10.0 Å². The van der Waals surface area contributed by atoms with Gasteiger partial charge in [-0.25, -0.2) is 0 Å². The standard InChI is InChI=1S/C16H17Cl2NO2/c1-2-21-16-6-4-14(8-12(16)10-20)19-9-11-7-13(17)3-5-15(11)18/h3-8,19-20H,2,9-10H2,1H3. The summed E-state index contributed by atoms with van der Waals surface area (Å²) in [4.78, 5) is 0. The Bertz CT molecular complexity index is 617. The number of halogens is 2. The summed E-state index contributed by atoms with van der Waals surface area (Å²) in [5.41, 5.74) is 2.56. The van der Waals surface area contributed by atoms with Gasteiger partial charge in [0.15, 0.2) is 0 Å². The Hall–Kier alpha value is -1.42. The van der Waals surface area contributed by atoms with Gasteiger partial charge in [0.05, 0.1) is 13.2 Å². The van der Waals surface area contributed by atoms with Crippen molar-refractivity contribution in [3.63, 3.8) is 0 Å². The Morgan fingerprint density at radius 2 is 1.90 bits per heavy atom. The van der Waals surface area contributed by atoms with E-state index in [2.05, 4.69) is 5.32 Å². The lowest BCUT2D eigenvalue weighted by molar-refractivity contribution is 0.267. The van der Waals surface area contributed by atoms with Crippen molar-refractivity contribution < 1.29 is 9.84 Å². The summed E-state index contributed by atoms with van der Waals surface area (Å²) >= 11 is 12.1. The van der Waals surface area contributed by atoms with Crippen LogP contribution in [0.3, 0.4) is 0 Å². The van der Waals surface area contributed by atoms with Crippen LogP contribution in [0.1, 0.15) is 18.1 Å². The molecule has 2 aromatic carbocycles. The topological polar surface area (TPSA) is 41.5 Å². The van der Waals surface area contributed by atoms with Crippen molar-refractivity contribution in [1.82, 2.24) is 0 Å².